The van der Waals surface area contributed by atoms with Gasteiger partial charge in [-0.05, 0) is 37.3 Å². The fraction of sp³-hybridized carbons (Fsp3) is 0.600. The molecule has 0 saturated heterocycles. The molecule has 0 aliphatic heterocycles. The van der Waals surface area contributed by atoms with E-state index in [0.29, 0.717) is 12.3 Å². The molecule has 0 saturated carbocycles. The number of benzene rings is 1. The minimum atomic E-state index is 0.705. The highest BCUT2D eigenvalue weighted by Crippen LogP contribution is 2.25. The van der Waals surface area contributed by atoms with Gasteiger partial charge in [0, 0.05) is 18.3 Å². The lowest BCUT2D eigenvalue weighted by Gasteiger charge is -2.12. The quantitative estimate of drug-likeness (QED) is 0.543. The summed E-state index contributed by atoms with van der Waals surface area (Å²) in [6, 6.07) is 5.89. The molecule has 0 bridgehead atoms. The van der Waals surface area contributed by atoms with E-state index in [-0.39, 0.29) is 0 Å². The molecule has 102 valence electrons. The lowest BCUT2D eigenvalue weighted by atomic mass is 10.1. The lowest BCUT2D eigenvalue weighted by molar-refractivity contribution is 0.319. The third-order valence-corrected chi connectivity index (χ3v) is 2.76. The zero-order valence-electron chi connectivity index (χ0n) is 11.8. The molecule has 3 N–H and O–H groups in total. The zero-order valence-corrected chi connectivity index (χ0v) is 11.8. The third-order valence-electron chi connectivity index (χ3n) is 2.76. The molecule has 3 nitrogen and oxygen atoms in total. The molecule has 0 fully saturated rings. The second-order valence-electron chi connectivity index (χ2n) is 5.06. The van der Waals surface area contributed by atoms with Gasteiger partial charge in [-0.25, -0.2) is 0 Å². The van der Waals surface area contributed by atoms with Gasteiger partial charge in [0.2, 0.25) is 0 Å². The van der Waals surface area contributed by atoms with Gasteiger partial charge >= 0.3 is 0 Å². The number of nitrogens with two attached hydrogens (primary N) is 1. The molecule has 0 atom stereocenters. The van der Waals surface area contributed by atoms with Gasteiger partial charge in [0.05, 0.1) is 12.3 Å². The lowest BCUT2D eigenvalue weighted by Crippen LogP contribution is -2.04. The van der Waals surface area contributed by atoms with Crippen molar-refractivity contribution in [1.82, 2.24) is 0 Å². The Bertz CT molecular complexity index is 350. The van der Waals surface area contributed by atoms with E-state index < -0.39 is 0 Å². The Morgan fingerprint density at radius 1 is 1.33 bits per heavy atom. The highest BCUT2D eigenvalue weighted by molar-refractivity contribution is 5.61. The van der Waals surface area contributed by atoms with Crippen molar-refractivity contribution in [3.8, 4) is 5.75 Å². The normalized spacial score (nSPS) is 10.7. The summed E-state index contributed by atoms with van der Waals surface area (Å²) in [7, 11) is 0. The monoisotopic (exact) mass is 250 g/mol. The molecule has 0 unspecified atom stereocenters. The average molecular weight is 250 g/mol. The summed E-state index contributed by atoms with van der Waals surface area (Å²) in [5.41, 5.74) is 7.66. The van der Waals surface area contributed by atoms with Crippen molar-refractivity contribution in [1.29, 1.82) is 0 Å². The van der Waals surface area contributed by atoms with Gasteiger partial charge in [0.25, 0.3) is 0 Å². The molecule has 1 aromatic carbocycles. The van der Waals surface area contributed by atoms with Crippen LogP contribution in [0.1, 0.15) is 40.0 Å². The molecule has 1 aromatic rings. The van der Waals surface area contributed by atoms with Crippen LogP contribution in [0.4, 0.5) is 11.4 Å². The number of nitrogens with one attached hydrogen (secondary N) is 1. The first-order chi connectivity index (χ1) is 8.63. The SMILES string of the molecule is CCCOc1cc(NCCCC(C)C)ccc1N. The van der Waals surface area contributed by atoms with Crippen LogP contribution in [0, 0.1) is 5.92 Å². The summed E-state index contributed by atoms with van der Waals surface area (Å²) in [6.45, 7) is 8.29. The van der Waals surface area contributed by atoms with E-state index >= 15 is 0 Å². The van der Waals surface area contributed by atoms with E-state index in [9.17, 15) is 0 Å². The van der Waals surface area contributed by atoms with Gasteiger partial charge in [-0.2, -0.15) is 0 Å². The summed E-state index contributed by atoms with van der Waals surface area (Å²) in [5.74, 6) is 1.55. The van der Waals surface area contributed by atoms with E-state index in [1.165, 1.54) is 12.8 Å². The Morgan fingerprint density at radius 2 is 2.11 bits per heavy atom. The Kier molecular flexibility index (Phi) is 6.40. The van der Waals surface area contributed by atoms with Crippen LogP contribution >= 0.6 is 0 Å². The predicted octanol–water partition coefficient (Wildman–Crippen LogP) is 3.91. The minimum absolute atomic E-state index is 0.705. The van der Waals surface area contributed by atoms with Crippen molar-refractivity contribution in [2.75, 3.05) is 24.2 Å². The molecule has 1 rings (SSSR count). The van der Waals surface area contributed by atoms with Crippen molar-refractivity contribution in [3.05, 3.63) is 18.2 Å². The number of anilines is 2. The Labute approximate surface area is 111 Å². The molecule has 0 aromatic heterocycles. The fourth-order valence-electron chi connectivity index (χ4n) is 1.72. The van der Waals surface area contributed by atoms with Crippen molar-refractivity contribution in [2.24, 2.45) is 5.92 Å². The standard InChI is InChI=1S/C15H26N2O/c1-4-10-18-15-11-13(7-8-14(15)16)17-9-5-6-12(2)3/h7-8,11-12,17H,4-6,9-10,16H2,1-3H3. The Morgan fingerprint density at radius 3 is 2.78 bits per heavy atom. The Hall–Kier alpha value is -1.38. The van der Waals surface area contributed by atoms with Crippen molar-refractivity contribution >= 4 is 11.4 Å². The molecule has 0 heterocycles. The molecule has 0 aliphatic rings. The fourth-order valence-corrected chi connectivity index (χ4v) is 1.72. The van der Waals surface area contributed by atoms with Crippen molar-refractivity contribution < 1.29 is 4.74 Å². The summed E-state index contributed by atoms with van der Waals surface area (Å²) >= 11 is 0. The molecular weight excluding hydrogens is 224 g/mol. The summed E-state index contributed by atoms with van der Waals surface area (Å²) in [6.07, 6.45) is 3.43. The van der Waals surface area contributed by atoms with Crippen molar-refractivity contribution in [3.63, 3.8) is 0 Å². The van der Waals surface area contributed by atoms with Crippen LogP contribution in [0.15, 0.2) is 18.2 Å². The molecule has 0 radical (unpaired) electrons. The highest BCUT2D eigenvalue weighted by Gasteiger charge is 2.02. The van der Waals surface area contributed by atoms with Crippen LogP contribution in [0.3, 0.4) is 0 Å². The number of hydrogen-bond donors (Lipinski definition) is 2. The molecular formula is C15H26N2O. The Balaban J connectivity index is 2.45. The van der Waals surface area contributed by atoms with E-state index in [1.54, 1.807) is 0 Å². The maximum atomic E-state index is 5.87. The van der Waals surface area contributed by atoms with Crippen LogP contribution in [0.2, 0.25) is 0 Å². The van der Waals surface area contributed by atoms with Gasteiger partial charge in [-0.1, -0.05) is 20.8 Å². The maximum Gasteiger partial charge on any atom is 0.144 e. The van der Waals surface area contributed by atoms with E-state index in [1.807, 2.05) is 18.2 Å². The first-order valence-electron chi connectivity index (χ1n) is 6.89. The van der Waals surface area contributed by atoms with Crippen LogP contribution in [-0.2, 0) is 0 Å². The minimum Gasteiger partial charge on any atom is -0.491 e. The van der Waals surface area contributed by atoms with Crippen LogP contribution < -0.4 is 15.8 Å². The van der Waals surface area contributed by atoms with E-state index in [4.69, 9.17) is 10.5 Å². The predicted molar refractivity (Wildman–Crippen MR) is 79.2 cm³/mol. The first-order valence-corrected chi connectivity index (χ1v) is 6.89. The van der Waals surface area contributed by atoms with Crippen molar-refractivity contribution in [2.45, 2.75) is 40.0 Å². The number of ether oxygens (including phenoxy) is 1. The van der Waals surface area contributed by atoms with Crippen LogP contribution in [-0.4, -0.2) is 13.2 Å². The van der Waals surface area contributed by atoms with Crippen LogP contribution in [0.5, 0.6) is 5.75 Å². The van der Waals surface area contributed by atoms with E-state index in [2.05, 4.69) is 26.1 Å². The molecule has 18 heavy (non-hydrogen) atoms. The molecule has 0 amide bonds. The smallest absolute Gasteiger partial charge is 0.144 e. The van der Waals surface area contributed by atoms with Gasteiger partial charge in [-0.3, -0.25) is 0 Å². The number of rotatable bonds is 8. The topological polar surface area (TPSA) is 47.3 Å². The molecule has 0 spiro atoms. The summed E-state index contributed by atoms with van der Waals surface area (Å²) in [5, 5.41) is 3.41. The van der Waals surface area contributed by atoms with Gasteiger partial charge < -0.3 is 15.8 Å². The summed E-state index contributed by atoms with van der Waals surface area (Å²) < 4.78 is 5.61. The van der Waals surface area contributed by atoms with Gasteiger partial charge in [0.15, 0.2) is 0 Å². The first kappa shape index (κ1) is 14.7. The molecule has 0 aliphatic carbocycles. The second kappa shape index (κ2) is 7.85. The third kappa shape index (κ3) is 5.30. The van der Waals surface area contributed by atoms with E-state index in [0.717, 1.165) is 30.3 Å². The van der Waals surface area contributed by atoms with Gasteiger partial charge in [0.1, 0.15) is 5.75 Å². The second-order valence-corrected chi connectivity index (χ2v) is 5.06. The maximum absolute atomic E-state index is 5.87. The summed E-state index contributed by atoms with van der Waals surface area (Å²) in [4.78, 5) is 0. The molecule has 3 heteroatoms. The van der Waals surface area contributed by atoms with Crippen LogP contribution in [0.25, 0.3) is 0 Å². The number of hydrogen-bond acceptors (Lipinski definition) is 3. The average Bonchev–Trinajstić information content (AvgIpc) is 2.34. The number of nitrogen functional groups attached to an aromatic ring is 1. The highest BCUT2D eigenvalue weighted by atomic mass is 16.5. The zero-order chi connectivity index (χ0) is 13.4. The largest absolute Gasteiger partial charge is 0.491 e. The van der Waals surface area contributed by atoms with Gasteiger partial charge in [-0.15, -0.1) is 0 Å².